The van der Waals surface area contributed by atoms with Crippen molar-refractivity contribution in [2.45, 2.75) is 6.42 Å². The highest BCUT2D eigenvalue weighted by Crippen LogP contribution is 2.25. The number of para-hydroxylation sites is 1. The van der Waals surface area contributed by atoms with Gasteiger partial charge in [0.2, 0.25) is 0 Å². The molecule has 4 rings (SSSR count). The molecule has 1 fully saturated rings. The summed E-state index contributed by atoms with van der Waals surface area (Å²) < 4.78 is 1.90. The van der Waals surface area contributed by atoms with Crippen molar-refractivity contribution in [2.75, 3.05) is 39.8 Å². The lowest BCUT2D eigenvalue weighted by atomic mass is 10.0. The molecule has 2 aromatic carbocycles. The molecule has 0 aliphatic carbocycles. The van der Waals surface area contributed by atoms with E-state index in [1.165, 1.54) is 11.1 Å². The lowest BCUT2D eigenvalue weighted by Crippen LogP contribution is -2.45. The predicted octanol–water partition coefficient (Wildman–Crippen LogP) is 2.72. The van der Waals surface area contributed by atoms with E-state index >= 15 is 0 Å². The van der Waals surface area contributed by atoms with Gasteiger partial charge in [-0.25, -0.2) is 4.68 Å². The molecule has 0 N–H and O–H groups in total. The summed E-state index contributed by atoms with van der Waals surface area (Å²) in [5.74, 6) is 0. The van der Waals surface area contributed by atoms with Crippen LogP contribution in [-0.2, 0) is 6.42 Å². The van der Waals surface area contributed by atoms with Crippen LogP contribution in [0.25, 0.3) is 16.8 Å². The summed E-state index contributed by atoms with van der Waals surface area (Å²) in [7, 11) is 2.19. The SMILES string of the molecule is CN1CCN(CCc2cn(-c3ccccc3-c3ccccc3)nn2)CC1. The predicted molar refractivity (Wildman–Crippen MR) is 104 cm³/mol. The summed E-state index contributed by atoms with van der Waals surface area (Å²) >= 11 is 0. The van der Waals surface area contributed by atoms with Crippen LogP contribution < -0.4 is 0 Å². The van der Waals surface area contributed by atoms with E-state index < -0.39 is 0 Å². The average Bonchev–Trinajstić information content (AvgIpc) is 3.17. The van der Waals surface area contributed by atoms with Crippen molar-refractivity contribution >= 4 is 0 Å². The molecule has 0 radical (unpaired) electrons. The molecular weight excluding hydrogens is 322 g/mol. The Bertz CT molecular complexity index is 834. The molecule has 1 aliphatic heterocycles. The number of rotatable bonds is 5. The third-order valence-corrected chi connectivity index (χ3v) is 5.06. The lowest BCUT2D eigenvalue weighted by Gasteiger charge is -2.32. The second-order valence-corrected chi connectivity index (χ2v) is 6.93. The summed E-state index contributed by atoms with van der Waals surface area (Å²) in [5, 5.41) is 8.79. The first kappa shape index (κ1) is 16.9. The van der Waals surface area contributed by atoms with Gasteiger partial charge >= 0.3 is 0 Å². The molecule has 1 aromatic heterocycles. The first-order valence-electron chi connectivity index (χ1n) is 9.26. The molecule has 5 heteroatoms. The molecule has 26 heavy (non-hydrogen) atoms. The minimum atomic E-state index is 0.942. The van der Waals surface area contributed by atoms with E-state index in [1.807, 2.05) is 16.8 Å². The normalized spacial score (nSPS) is 16.0. The van der Waals surface area contributed by atoms with Gasteiger partial charge in [0.1, 0.15) is 0 Å². The van der Waals surface area contributed by atoms with Crippen LogP contribution in [0.3, 0.4) is 0 Å². The van der Waals surface area contributed by atoms with Crippen LogP contribution in [0.2, 0.25) is 0 Å². The lowest BCUT2D eigenvalue weighted by molar-refractivity contribution is 0.155. The molecule has 0 unspecified atom stereocenters. The van der Waals surface area contributed by atoms with Gasteiger partial charge in [0.15, 0.2) is 0 Å². The van der Waals surface area contributed by atoms with Gasteiger partial charge in [-0.2, -0.15) is 0 Å². The fourth-order valence-electron chi connectivity index (χ4n) is 3.41. The number of benzene rings is 2. The molecule has 0 spiro atoms. The number of aromatic nitrogens is 3. The van der Waals surface area contributed by atoms with Crippen LogP contribution in [0.4, 0.5) is 0 Å². The van der Waals surface area contributed by atoms with Crippen molar-refractivity contribution in [1.82, 2.24) is 24.8 Å². The largest absolute Gasteiger partial charge is 0.304 e. The van der Waals surface area contributed by atoms with Gasteiger partial charge in [0.05, 0.1) is 17.6 Å². The molecule has 134 valence electrons. The highest BCUT2D eigenvalue weighted by atomic mass is 15.4. The second-order valence-electron chi connectivity index (χ2n) is 6.93. The van der Waals surface area contributed by atoms with E-state index in [9.17, 15) is 0 Å². The molecule has 0 bridgehead atoms. The number of hydrogen-bond donors (Lipinski definition) is 0. The number of nitrogens with zero attached hydrogens (tertiary/aromatic N) is 5. The first-order chi connectivity index (χ1) is 12.8. The molecule has 0 atom stereocenters. The van der Waals surface area contributed by atoms with Gasteiger partial charge in [-0.15, -0.1) is 5.10 Å². The van der Waals surface area contributed by atoms with Crippen molar-refractivity contribution in [1.29, 1.82) is 0 Å². The Labute approximate surface area is 154 Å². The molecular formula is C21H25N5. The average molecular weight is 347 g/mol. The molecule has 2 heterocycles. The van der Waals surface area contributed by atoms with Crippen LogP contribution >= 0.6 is 0 Å². The van der Waals surface area contributed by atoms with Gasteiger partial charge in [0.25, 0.3) is 0 Å². The molecule has 0 amide bonds. The Balaban J connectivity index is 1.48. The fraction of sp³-hybridized carbons (Fsp3) is 0.333. The fourth-order valence-corrected chi connectivity index (χ4v) is 3.41. The third kappa shape index (κ3) is 3.84. The van der Waals surface area contributed by atoms with Crippen LogP contribution in [0.1, 0.15) is 5.69 Å². The summed E-state index contributed by atoms with van der Waals surface area (Å²) in [6, 6.07) is 18.8. The zero-order valence-electron chi connectivity index (χ0n) is 15.3. The summed E-state index contributed by atoms with van der Waals surface area (Å²) in [6.07, 6.45) is 3.01. The quantitative estimate of drug-likeness (QED) is 0.711. The number of hydrogen-bond acceptors (Lipinski definition) is 4. The van der Waals surface area contributed by atoms with Crippen LogP contribution in [0, 0.1) is 0 Å². The number of likely N-dealkylation sites (N-methyl/N-ethyl adjacent to an activating group) is 1. The van der Waals surface area contributed by atoms with Crippen molar-refractivity contribution in [3.8, 4) is 16.8 Å². The van der Waals surface area contributed by atoms with E-state index in [0.717, 1.165) is 50.5 Å². The van der Waals surface area contributed by atoms with Crippen molar-refractivity contribution in [3.63, 3.8) is 0 Å². The second kappa shape index (κ2) is 7.81. The maximum absolute atomic E-state index is 4.40. The smallest absolute Gasteiger partial charge is 0.0844 e. The Hall–Kier alpha value is -2.50. The number of piperazine rings is 1. The van der Waals surface area contributed by atoms with Gasteiger partial charge in [-0.05, 0) is 18.7 Å². The Morgan fingerprint density at radius 1 is 0.885 bits per heavy atom. The monoisotopic (exact) mass is 347 g/mol. The van der Waals surface area contributed by atoms with Crippen LogP contribution in [0.5, 0.6) is 0 Å². The summed E-state index contributed by atoms with van der Waals surface area (Å²) in [5.41, 5.74) is 4.48. The first-order valence-corrected chi connectivity index (χ1v) is 9.26. The maximum Gasteiger partial charge on any atom is 0.0844 e. The van der Waals surface area contributed by atoms with Crippen molar-refractivity contribution in [3.05, 3.63) is 66.5 Å². The van der Waals surface area contributed by atoms with E-state index in [2.05, 4.69) is 75.8 Å². The minimum absolute atomic E-state index is 0.942. The molecule has 1 aliphatic rings. The topological polar surface area (TPSA) is 37.2 Å². The van der Waals surface area contributed by atoms with Gasteiger partial charge in [0, 0.05) is 44.7 Å². The Morgan fingerprint density at radius 2 is 1.62 bits per heavy atom. The zero-order valence-corrected chi connectivity index (χ0v) is 15.3. The molecule has 0 saturated carbocycles. The van der Waals surface area contributed by atoms with Crippen molar-refractivity contribution < 1.29 is 0 Å². The summed E-state index contributed by atoms with van der Waals surface area (Å²) in [4.78, 5) is 4.89. The van der Waals surface area contributed by atoms with E-state index in [0.29, 0.717) is 0 Å². The van der Waals surface area contributed by atoms with E-state index in [4.69, 9.17) is 0 Å². The summed E-state index contributed by atoms with van der Waals surface area (Å²) in [6.45, 7) is 5.63. The molecule has 3 aromatic rings. The molecule has 1 saturated heterocycles. The molecule has 5 nitrogen and oxygen atoms in total. The van der Waals surface area contributed by atoms with Crippen LogP contribution in [0.15, 0.2) is 60.8 Å². The Kier molecular flexibility index (Phi) is 5.09. The maximum atomic E-state index is 4.40. The zero-order chi connectivity index (χ0) is 17.8. The van der Waals surface area contributed by atoms with Crippen molar-refractivity contribution in [2.24, 2.45) is 0 Å². The van der Waals surface area contributed by atoms with Gasteiger partial charge < -0.3 is 9.80 Å². The van der Waals surface area contributed by atoms with E-state index in [-0.39, 0.29) is 0 Å². The van der Waals surface area contributed by atoms with Crippen LogP contribution in [-0.4, -0.2) is 64.6 Å². The highest BCUT2D eigenvalue weighted by Gasteiger charge is 2.14. The van der Waals surface area contributed by atoms with Gasteiger partial charge in [-0.1, -0.05) is 53.7 Å². The minimum Gasteiger partial charge on any atom is -0.304 e. The highest BCUT2D eigenvalue weighted by molar-refractivity contribution is 5.72. The van der Waals surface area contributed by atoms with E-state index in [1.54, 1.807) is 0 Å². The Morgan fingerprint density at radius 3 is 2.42 bits per heavy atom. The van der Waals surface area contributed by atoms with Gasteiger partial charge in [-0.3, -0.25) is 0 Å². The third-order valence-electron chi connectivity index (χ3n) is 5.06. The standard InChI is InChI=1S/C21H25N5/c1-24-13-15-25(16-14-24)12-11-19-17-26(23-22-19)21-10-6-5-9-20(21)18-7-3-2-4-8-18/h2-10,17H,11-16H2,1H3.